The summed E-state index contributed by atoms with van der Waals surface area (Å²) in [7, 11) is 0. The number of Topliss-reactive ketones (excluding diaryl/α,β-unsaturated/α-hetero) is 1. The smallest absolute Gasteiger partial charge is 0.197 e. The van der Waals surface area contributed by atoms with E-state index in [1.807, 2.05) is 6.08 Å². The molecule has 2 N–H and O–H groups in total. The van der Waals surface area contributed by atoms with Gasteiger partial charge in [-0.1, -0.05) is 17.7 Å². The molecular weight excluding hydrogens is 202 g/mol. The third-order valence-electron chi connectivity index (χ3n) is 2.31. The zero-order chi connectivity index (χ0) is 10.3. The minimum atomic E-state index is -0.145. The zero-order valence-electron chi connectivity index (χ0n) is 7.76. The van der Waals surface area contributed by atoms with Gasteiger partial charge in [-0.3, -0.25) is 4.79 Å². The normalized spacial score (nSPS) is 14.9. The van der Waals surface area contributed by atoms with Crippen LogP contribution in [0.25, 0.3) is 0 Å². The summed E-state index contributed by atoms with van der Waals surface area (Å²) < 4.78 is 5.37. The zero-order valence-corrected chi connectivity index (χ0v) is 8.52. The molecule has 1 aromatic rings. The predicted octanol–water partition coefficient (Wildman–Crippen LogP) is 2.29. The van der Waals surface area contributed by atoms with Gasteiger partial charge >= 0.3 is 0 Å². The van der Waals surface area contributed by atoms with Crippen LogP contribution in [0.5, 0.6) is 0 Å². The molecule has 1 aromatic heterocycles. The van der Waals surface area contributed by atoms with Crippen molar-refractivity contribution < 1.29 is 9.21 Å². The molecule has 0 fully saturated rings. The maximum atomic E-state index is 11.1. The highest BCUT2D eigenvalue weighted by Gasteiger charge is 2.22. The van der Waals surface area contributed by atoms with Gasteiger partial charge < -0.3 is 10.2 Å². The van der Waals surface area contributed by atoms with Crippen LogP contribution in [0.1, 0.15) is 28.8 Å². The number of hydrogen-bond donors (Lipinski definition) is 1. The first-order valence-electron chi connectivity index (χ1n) is 4.35. The molecule has 0 saturated carbocycles. The molecule has 2 rings (SSSR count). The Balaban J connectivity index is 2.50. The number of rotatable bonds is 1. The molecule has 0 aromatic carbocycles. The maximum Gasteiger partial charge on any atom is 0.197 e. The van der Waals surface area contributed by atoms with Crippen molar-refractivity contribution in [1.29, 1.82) is 0 Å². The van der Waals surface area contributed by atoms with E-state index in [1.165, 1.54) is 6.92 Å². The van der Waals surface area contributed by atoms with Gasteiger partial charge in [0.2, 0.25) is 0 Å². The van der Waals surface area contributed by atoms with E-state index in [2.05, 4.69) is 0 Å². The fourth-order valence-electron chi connectivity index (χ4n) is 1.59. The lowest BCUT2D eigenvalue weighted by atomic mass is 10.0. The molecule has 14 heavy (non-hydrogen) atoms. The van der Waals surface area contributed by atoms with Crippen molar-refractivity contribution in [2.24, 2.45) is 0 Å². The molecule has 1 aliphatic carbocycles. The van der Waals surface area contributed by atoms with Gasteiger partial charge in [-0.25, -0.2) is 0 Å². The van der Waals surface area contributed by atoms with Gasteiger partial charge in [-0.2, -0.15) is 0 Å². The fraction of sp³-hybridized carbons (Fsp3) is 0.300. The van der Waals surface area contributed by atoms with E-state index in [0.717, 1.165) is 16.4 Å². The lowest BCUT2D eigenvalue weighted by molar-refractivity contribution is 0.0987. The molecule has 0 bridgehead atoms. The van der Waals surface area contributed by atoms with Gasteiger partial charge in [0.25, 0.3) is 0 Å². The molecule has 0 unspecified atom stereocenters. The molecule has 0 saturated heterocycles. The molecule has 0 atom stereocenters. The van der Waals surface area contributed by atoms with E-state index >= 15 is 0 Å². The quantitative estimate of drug-likeness (QED) is 0.725. The van der Waals surface area contributed by atoms with E-state index in [-0.39, 0.29) is 11.5 Å². The second kappa shape index (κ2) is 3.17. The van der Waals surface area contributed by atoms with Gasteiger partial charge in [0.05, 0.1) is 5.69 Å². The van der Waals surface area contributed by atoms with Gasteiger partial charge in [-0.15, -0.1) is 0 Å². The van der Waals surface area contributed by atoms with Crippen molar-refractivity contribution >= 4 is 23.1 Å². The topological polar surface area (TPSA) is 56.2 Å². The summed E-state index contributed by atoms with van der Waals surface area (Å²) in [5.41, 5.74) is 7.09. The Hall–Kier alpha value is -1.22. The number of nitrogen functional groups attached to an aromatic ring is 1. The molecule has 0 aliphatic heterocycles. The van der Waals surface area contributed by atoms with E-state index in [0.29, 0.717) is 18.5 Å². The largest absolute Gasteiger partial charge is 0.455 e. The SMILES string of the molecule is CC(=O)c1oc2c(c1N)CC(Cl)=CC2. The Bertz CT molecular complexity index is 432. The Morgan fingerprint density at radius 3 is 3.00 bits per heavy atom. The lowest BCUT2D eigenvalue weighted by Crippen LogP contribution is -2.01. The number of hydrogen-bond acceptors (Lipinski definition) is 3. The summed E-state index contributed by atoms with van der Waals surface area (Å²) in [6.07, 6.45) is 3.06. The average molecular weight is 212 g/mol. The molecule has 1 heterocycles. The van der Waals surface area contributed by atoms with E-state index in [9.17, 15) is 4.79 Å². The molecule has 3 nitrogen and oxygen atoms in total. The van der Waals surface area contributed by atoms with Crippen molar-refractivity contribution in [1.82, 2.24) is 0 Å². The van der Waals surface area contributed by atoms with Crippen molar-refractivity contribution in [2.75, 3.05) is 5.73 Å². The summed E-state index contributed by atoms with van der Waals surface area (Å²) >= 11 is 5.88. The Morgan fingerprint density at radius 2 is 2.36 bits per heavy atom. The first-order valence-corrected chi connectivity index (χ1v) is 4.73. The summed E-state index contributed by atoms with van der Waals surface area (Å²) in [6, 6.07) is 0. The molecule has 1 aliphatic rings. The third kappa shape index (κ3) is 1.34. The molecule has 0 amide bonds. The maximum absolute atomic E-state index is 11.1. The number of furan rings is 1. The molecule has 0 spiro atoms. The molecule has 0 radical (unpaired) electrons. The van der Waals surface area contributed by atoms with Crippen LogP contribution in [0.4, 0.5) is 5.69 Å². The number of allylic oxidation sites excluding steroid dienone is 2. The number of anilines is 1. The highest BCUT2D eigenvalue weighted by molar-refractivity contribution is 6.29. The van der Waals surface area contributed by atoms with Crippen LogP contribution in [0.3, 0.4) is 0 Å². The first kappa shape index (κ1) is 9.34. The average Bonchev–Trinajstić information content (AvgIpc) is 2.44. The van der Waals surface area contributed by atoms with Crippen LogP contribution in [0.15, 0.2) is 15.5 Å². The first-order chi connectivity index (χ1) is 6.59. The number of carbonyl (C=O) groups is 1. The standard InChI is InChI=1S/C10H10ClNO2/c1-5(13)10-9(12)7-4-6(11)2-3-8(7)14-10/h2H,3-4,12H2,1H3. The Labute approximate surface area is 86.5 Å². The van der Waals surface area contributed by atoms with E-state index in [4.69, 9.17) is 21.8 Å². The van der Waals surface area contributed by atoms with E-state index in [1.54, 1.807) is 0 Å². The number of halogens is 1. The minimum Gasteiger partial charge on any atom is -0.455 e. The summed E-state index contributed by atoms with van der Waals surface area (Å²) in [5, 5.41) is 0.750. The minimum absolute atomic E-state index is 0.145. The summed E-state index contributed by atoms with van der Waals surface area (Å²) in [6.45, 7) is 1.44. The summed E-state index contributed by atoms with van der Waals surface area (Å²) in [4.78, 5) is 11.1. The van der Waals surface area contributed by atoms with Gasteiger partial charge in [0.15, 0.2) is 11.5 Å². The fourth-order valence-corrected chi connectivity index (χ4v) is 1.80. The molecule has 74 valence electrons. The highest BCUT2D eigenvalue weighted by Crippen LogP contribution is 2.32. The summed E-state index contributed by atoms with van der Waals surface area (Å²) in [5.74, 6) is 0.875. The van der Waals surface area contributed by atoms with Crippen LogP contribution in [-0.4, -0.2) is 5.78 Å². The predicted molar refractivity (Wildman–Crippen MR) is 54.5 cm³/mol. The molecular formula is C10H10ClNO2. The van der Waals surface area contributed by atoms with Crippen LogP contribution in [-0.2, 0) is 12.8 Å². The van der Waals surface area contributed by atoms with Crippen LogP contribution >= 0.6 is 11.6 Å². The van der Waals surface area contributed by atoms with Crippen molar-refractivity contribution in [3.63, 3.8) is 0 Å². The Kier molecular flexibility index (Phi) is 2.11. The van der Waals surface area contributed by atoms with Gasteiger partial charge in [0.1, 0.15) is 5.76 Å². The number of carbonyl (C=O) groups excluding carboxylic acids is 1. The van der Waals surface area contributed by atoms with Crippen LogP contribution in [0, 0.1) is 0 Å². The van der Waals surface area contributed by atoms with Crippen LogP contribution in [0.2, 0.25) is 0 Å². The van der Waals surface area contributed by atoms with Gasteiger partial charge in [0, 0.05) is 30.4 Å². The van der Waals surface area contributed by atoms with Crippen LogP contribution < -0.4 is 5.73 Å². The Morgan fingerprint density at radius 1 is 1.64 bits per heavy atom. The van der Waals surface area contributed by atoms with Crippen molar-refractivity contribution in [3.05, 3.63) is 28.2 Å². The lowest BCUT2D eigenvalue weighted by Gasteiger charge is -2.06. The van der Waals surface area contributed by atoms with Gasteiger partial charge in [-0.05, 0) is 0 Å². The molecule has 4 heteroatoms. The number of nitrogens with two attached hydrogens (primary N) is 1. The monoisotopic (exact) mass is 211 g/mol. The third-order valence-corrected chi connectivity index (χ3v) is 2.59. The van der Waals surface area contributed by atoms with Crippen molar-refractivity contribution in [3.8, 4) is 0 Å². The number of ketones is 1. The number of fused-ring (bicyclic) bond motifs is 1. The van der Waals surface area contributed by atoms with E-state index < -0.39 is 0 Å². The highest BCUT2D eigenvalue weighted by atomic mass is 35.5. The van der Waals surface area contributed by atoms with Crippen molar-refractivity contribution in [2.45, 2.75) is 19.8 Å². The second-order valence-corrected chi connectivity index (χ2v) is 3.82. The second-order valence-electron chi connectivity index (χ2n) is 3.33.